The Morgan fingerprint density at radius 3 is 2.42 bits per heavy atom. The van der Waals surface area contributed by atoms with Crippen molar-refractivity contribution >= 4 is 23.2 Å². The second-order valence-corrected chi connectivity index (χ2v) is 14.4. The van der Waals surface area contributed by atoms with Crippen molar-refractivity contribution in [1.29, 1.82) is 0 Å². The number of amides is 1. The van der Waals surface area contributed by atoms with E-state index in [1.807, 2.05) is 63.2 Å². The van der Waals surface area contributed by atoms with Crippen LogP contribution in [0.1, 0.15) is 71.1 Å². The summed E-state index contributed by atoms with van der Waals surface area (Å²) in [6.07, 6.45) is 1.03. The SMILES string of the molecule is COc1ccc(COc2cccc3c2CC2(CCN(C(=O)O)[C@@H](C(C)(C)C)C2)C3=N[S+]([O-])C(C)(C)C)cc1. The number of hydrogen-bond acceptors (Lipinski definition) is 5. The van der Waals surface area contributed by atoms with Crippen molar-refractivity contribution in [3.8, 4) is 11.5 Å². The summed E-state index contributed by atoms with van der Waals surface area (Å²) in [6, 6.07) is 13.6. The van der Waals surface area contributed by atoms with E-state index in [-0.39, 0.29) is 11.5 Å². The first kappa shape index (κ1) is 28.3. The summed E-state index contributed by atoms with van der Waals surface area (Å²) in [5, 5.41) is 9.97. The molecular formula is C30H40N2O5S. The van der Waals surface area contributed by atoms with E-state index >= 15 is 0 Å². The number of carboxylic acid groups (broad SMARTS) is 1. The molecule has 206 valence electrons. The molecule has 0 radical (unpaired) electrons. The Kier molecular flexibility index (Phi) is 7.79. The van der Waals surface area contributed by atoms with Gasteiger partial charge in [0.1, 0.15) is 39.9 Å². The van der Waals surface area contributed by atoms with E-state index in [1.54, 1.807) is 12.0 Å². The van der Waals surface area contributed by atoms with Crippen LogP contribution >= 0.6 is 0 Å². The lowest BCUT2D eigenvalue weighted by Crippen LogP contribution is -2.56. The largest absolute Gasteiger partial charge is 0.591 e. The van der Waals surface area contributed by atoms with Gasteiger partial charge in [-0.2, -0.15) is 0 Å². The Labute approximate surface area is 229 Å². The number of benzene rings is 2. The first-order chi connectivity index (χ1) is 17.7. The average molecular weight is 541 g/mol. The predicted molar refractivity (Wildman–Crippen MR) is 152 cm³/mol. The smallest absolute Gasteiger partial charge is 0.407 e. The number of fused-ring (bicyclic) bond motifs is 1. The Balaban J connectivity index is 1.74. The molecule has 7 nitrogen and oxygen atoms in total. The zero-order valence-corrected chi connectivity index (χ0v) is 24.4. The number of nitrogens with zero attached hydrogens (tertiary/aromatic N) is 2. The second kappa shape index (κ2) is 10.5. The lowest BCUT2D eigenvalue weighted by molar-refractivity contribution is 0.0277. The monoisotopic (exact) mass is 540 g/mol. The third kappa shape index (κ3) is 5.66. The lowest BCUT2D eigenvalue weighted by Gasteiger charge is -2.49. The molecule has 8 heteroatoms. The van der Waals surface area contributed by atoms with Crippen molar-refractivity contribution in [2.75, 3.05) is 13.7 Å². The van der Waals surface area contributed by atoms with E-state index in [9.17, 15) is 14.5 Å². The zero-order valence-electron chi connectivity index (χ0n) is 23.5. The molecule has 2 unspecified atom stereocenters. The molecule has 0 saturated carbocycles. The standard InChI is InChI=1S/C30H40N2O5S/c1-28(2,3)25-18-30(15-16-32(25)27(33)34)17-23-22(26(30)31-38(35)29(4,5)6)9-8-10-24(23)37-19-20-11-13-21(36-7)14-12-20/h8-14,25H,15-19H2,1-7H3,(H,33,34)/t25-,30?,38?/m1/s1. The first-order valence-corrected chi connectivity index (χ1v) is 14.2. The quantitative estimate of drug-likeness (QED) is 0.452. The molecule has 4 rings (SSSR count). The molecule has 38 heavy (non-hydrogen) atoms. The Morgan fingerprint density at radius 1 is 1.16 bits per heavy atom. The molecule has 1 saturated heterocycles. The maximum atomic E-state index is 13.3. The van der Waals surface area contributed by atoms with E-state index < -0.39 is 27.6 Å². The molecule has 1 N–H and O–H groups in total. The molecule has 1 aliphatic carbocycles. The molecule has 0 bridgehead atoms. The van der Waals surface area contributed by atoms with Crippen molar-refractivity contribution in [2.45, 2.75) is 78.2 Å². The fraction of sp³-hybridized carbons (Fsp3) is 0.533. The highest BCUT2D eigenvalue weighted by Crippen LogP contribution is 2.52. The van der Waals surface area contributed by atoms with Crippen molar-refractivity contribution in [3.63, 3.8) is 0 Å². The van der Waals surface area contributed by atoms with Crippen LogP contribution < -0.4 is 9.47 Å². The normalized spacial score (nSPS) is 23.4. The third-order valence-corrected chi connectivity index (χ3v) is 9.09. The van der Waals surface area contributed by atoms with Gasteiger partial charge in [-0.05, 0) is 69.2 Å². The van der Waals surface area contributed by atoms with Crippen LogP contribution in [-0.4, -0.2) is 50.8 Å². The number of carbonyl (C=O) groups is 1. The number of likely N-dealkylation sites (tertiary alicyclic amines) is 1. The van der Waals surface area contributed by atoms with E-state index in [1.165, 1.54) is 0 Å². The minimum absolute atomic E-state index is 0.194. The summed E-state index contributed by atoms with van der Waals surface area (Å²) in [7, 11) is 1.64. The van der Waals surface area contributed by atoms with Gasteiger partial charge in [0.05, 0.1) is 7.11 Å². The molecule has 2 aliphatic rings. The van der Waals surface area contributed by atoms with Crippen molar-refractivity contribution in [3.05, 3.63) is 59.2 Å². The number of rotatable bonds is 5. The molecule has 1 fully saturated rings. The number of ether oxygens (including phenoxy) is 2. The van der Waals surface area contributed by atoms with Gasteiger partial charge in [-0.15, -0.1) is 0 Å². The molecular weight excluding hydrogens is 500 g/mol. The van der Waals surface area contributed by atoms with Crippen LogP contribution in [0.3, 0.4) is 0 Å². The first-order valence-electron chi connectivity index (χ1n) is 13.1. The van der Waals surface area contributed by atoms with Gasteiger partial charge in [-0.25, -0.2) is 4.79 Å². The van der Waals surface area contributed by atoms with Gasteiger partial charge >= 0.3 is 6.09 Å². The van der Waals surface area contributed by atoms with Gasteiger partial charge in [-0.1, -0.05) is 49.4 Å². The van der Waals surface area contributed by atoms with Gasteiger partial charge in [0.15, 0.2) is 0 Å². The van der Waals surface area contributed by atoms with Crippen LogP contribution in [0.25, 0.3) is 0 Å². The fourth-order valence-corrected chi connectivity index (χ4v) is 6.24. The Morgan fingerprint density at radius 2 is 1.84 bits per heavy atom. The van der Waals surface area contributed by atoms with Gasteiger partial charge in [0.2, 0.25) is 0 Å². The summed E-state index contributed by atoms with van der Waals surface area (Å²) in [4.78, 5) is 13.7. The van der Waals surface area contributed by atoms with Crippen molar-refractivity contribution < 1.29 is 23.9 Å². The highest BCUT2D eigenvalue weighted by Gasteiger charge is 2.53. The van der Waals surface area contributed by atoms with E-state index in [2.05, 4.69) is 20.8 Å². The van der Waals surface area contributed by atoms with Gasteiger partial charge in [0.25, 0.3) is 0 Å². The minimum atomic E-state index is -1.45. The van der Waals surface area contributed by atoms with Crippen molar-refractivity contribution in [1.82, 2.24) is 4.90 Å². The zero-order chi connectivity index (χ0) is 27.9. The van der Waals surface area contributed by atoms with Crippen LogP contribution in [0.5, 0.6) is 11.5 Å². The highest BCUT2D eigenvalue weighted by molar-refractivity contribution is 7.91. The summed E-state index contributed by atoms with van der Waals surface area (Å²) in [5.74, 6) is 1.59. The molecule has 1 amide bonds. The maximum Gasteiger partial charge on any atom is 0.407 e. The molecule has 0 aromatic heterocycles. The van der Waals surface area contributed by atoms with Gasteiger partial charge in [0, 0.05) is 29.1 Å². The number of hydrogen-bond donors (Lipinski definition) is 1. The number of piperidine rings is 1. The minimum Gasteiger partial charge on any atom is -0.591 e. The van der Waals surface area contributed by atoms with Gasteiger partial charge in [-0.3, -0.25) is 0 Å². The van der Waals surface area contributed by atoms with E-state index in [0.717, 1.165) is 33.9 Å². The summed E-state index contributed by atoms with van der Waals surface area (Å²) in [5.41, 5.74) is 3.21. The van der Waals surface area contributed by atoms with Crippen LogP contribution in [-0.2, 0) is 24.4 Å². The van der Waals surface area contributed by atoms with Gasteiger partial charge < -0.3 is 24.0 Å². The van der Waals surface area contributed by atoms with Crippen LogP contribution in [0, 0.1) is 10.8 Å². The molecule has 2 aromatic rings. The average Bonchev–Trinajstić information content (AvgIpc) is 3.14. The molecule has 2 aromatic carbocycles. The Hall–Kier alpha value is -2.71. The van der Waals surface area contributed by atoms with Crippen molar-refractivity contribution in [2.24, 2.45) is 15.2 Å². The lowest BCUT2D eigenvalue weighted by atomic mass is 9.67. The van der Waals surface area contributed by atoms with E-state index in [0.29, 0.717) is 32.4 Å². The maximum absolute atomic E-state index is 13.3. The third-order valence-electron chi connectivity index (χ3n) is 7.69. The molecule has 1 spiro atoms. The summed E-state index contributed by atoms with van der Waals surface area (Å²) in [6.45, 7) is 12.9. The second-order valence-electron chi connectivity index (χ2n) is 12.5. The van der Waals surface area contributed by atoms with Crippen LogP contribution in [0.2, 0.25) is 0 Å². The fourth-order valence-electron chi connectivity index (χ4n) is 5.51. The topological polar surface area (TPSA) is 94.4 Å². The summed E-state index contributed by atoms with van der Waals surface area (Å²) < 4.78 is 29.3. The molecule has 1 heterocycles. The summed E-state index contributed by atoms with van der Waals surface area (Å²) >= 11 is -1.45. The Bertz CT molecular complexity index is 1200. The molecule has 1 aliphatic heterocycles. The van der Waals surface area contributed by atoms with Crippen LogP contribution in [0.15, 0.2) is 46.9 Å². The van der Waals surface area contributed by atoms with E-state index in [4.69, 9.17) is 13.9 Å². The molecule has 3 atom stereocenters. The highest BCUT2D eigenvalue weighted by atomic mass is 32.2. The number of methoxy groups -OCH3 is 1. The van der Waals surface area contributed by atoms with Crippen LogP contribution in [0.4, 0.5) is 4.79 Å². The predicted octanol–water partition coefficient (Wildman–Crippen LogP) is 6.26.